The molecule has 1 saturated heterocycles. The number of piperazine rings is 1. The maximum atomic E-state index is 12.5. The Bertz CT molecular complexity index is 1430. The minimum atomic E-state index is -0.661. The summed E-state index contributed by atoms with van der Waals surface area (Å²) in [5, 5.41) is 3.66. The molecular weight excluding hydrogens is 528 g/mol. The van der Waals surface area contributed by atoms with Gasteiger partial charge in [0.25, 0.3) is 5.91 Å². The molecule has 10 nitrogen and oxygen atoms in total. The van der Waals surface area contributed by atoms with Gasteiger partial charge < -0.3 is 25.4 Å². The van der Waals surface area contributed by atoms with Gasteiger partial charge in [-0.3, -0.25) is 9.59 Å². The maximum Gasteiger partial charge on any atom is 0.286 e. The molecule has 1 aromatic carbocycles. The lowest BCUT2D eigenvalue weighted by Gasteiger charge is -2.42. The second-order valence-corrected chi connectivity index (χ2v) is 12.8. The molecule has 3 fully saturated rings. The number of hydrogen-bond donors (Lipinski definition) is 2. The number of hydrogen-bond acceptors (Lipinski definition) is 7. The third-order valence-corrected chi connectivity index (χ3v) is 9.87. The second-order valence-electron chi connectivity index (χ2n) is 12.8. The number of nitrogens with zero attached hydrogens (tertiary/aromatic N) is 6. The number of aromatic nitrogens is 4. The van der Waals surface area contributed by atoms with Crippen molar-refractivity contribution < 1.29 is 9.59 Å². The van der Waals surface area contributed by atoms with E-state index < -0.39 is 5.91 Å². The van der Waals surface area contributed by atoms with Crippen molar-refractivity contribution in [1.82, 2.24) is 24.4 Å². The second kappa shape index (κ2) is 11.9. The lowest BCUT2D eigenvalue weighted by Crippen LogP contribution is -2.50. The SMILES string of the molecule is CC(=O)N1CCN(c2nc3nc(C(N)=O)nc(N[C@H](C)C4CCC4)c3n2C[C@H]2CC[C@H](C)CC2)[C@H](c2ccccc2)C1. The van der Waals surface area contributed by atoms with E-state index in [0.29, 0.717) is 42.9 Å². The summed E-state index contributed by atoms with van der Waals surface area (Å²) in [4.78, 5) is 43.5. The van der Waals surface area contributed by atoms with E-state index in [9.17, 15) is 9.59 Å². The first kappa shape index (κ1) is 28.4. The lowest BCUT2D eigenvalue weighted by atomic mass is 9.80. The summed E-state index contributed by atoms with van der Waals surface area (Å²) < 4.78 is 2.30. The van der Waals surface area contributed by atoms with E-state index in [4.69, 9.17) is 10.7 Å². The van der Waals surface area contributed by atoms with Gasteiger partial charge in [-0.2, -0.15) is 4.98 Å². The summed E-state index contributed by atoms with van der Waals surface area (Å²) in [6.45, 7) is 8.81. The van der Waals surface area contributed by atoms with Crippen molar-refractivity contribution in [3.8, 4) is 0 Å². The number of carbonyl (C=O) groups is 2. The molecular formula is C32H44N8O2. The number of imidazole rings is 1. The molecule has 2 atom stereocenters. The average molecular weight is 573 g/mol. The van der Waals surface area contributed by atoms with Gasteiger partial charge in [0.1, 0.15) is 5.52 Å². The zero-order chi connectivity index (χ0) is 29.4. The fourth-order valence-corrected chi connectivity index (χ4v) is 6.94. The summed E-state index contributed by atoms with van der Waals surface area (Å²) >= 11 is 0. The quantitative estimate of drug-likeness (QED) is 0.399. The van der Waals surface area contributed by atoms with Crippen molar-refractivity contribution in [2.24, 2.45) is 23.5 Å². The highest BCUT2D eigenvalue weighted by Crippen LogP contribution is 2.38. The monoisotopic (exact) mass is 572 g/mol. The number of fused-ring (bicyclic) bond motifs is 1. The molecule has 2 aliphatic carbocycles. The van der Waals surface area contributed by atoms with Crippen LogP contribution in [-0.2, 0) is 11.3 Å². The molecule has 3 aliphatic rings. The largest absolute Gasteiger partial charge is 0.365 e. The van der Waals surface area contributed by atoms with Crippen LogP contribution in [0.25, 0.3) is 11.2 Å². The Balaban J connectivity index is 1.48. The summed E-state index contributed by atoms with van der Waals surface area (Å²) in [6.07, 6.45) is 8.41. The highest BCUT2D eigenvalue weighted by atomic mass is 16.2. The number of anilines is 2. The van der Waals surface area contributed by atoms with Gasteiger partial charge in [0.2, 0.25) is 17.7 Å². The van der Waals surface area contributed by atoms with Gasteiger partial charge in [0.15, 0.2) is 11.5 Å². The molecule has 0 bridgehead atoms. The van der Waals surface area contributed by atoms with E-state index in [2.05, 4.69) is 50.7 Å². The van der Waals surface area contributed by atoms with Crippen LogP contribution in [0.15, 0.2) is 30.3 Å². The van der Waals surface area contributed by atoms with Crippen molar-refractivity contribution in [2.75, 3.05) is 29.9 Å². The minimum absolute atomic E-state index is 0.0190. The van der Waals surface area contributed by atoms with Crippen molar-refractivity contribution in [3.05, 3.63) is 41.7 Å². The third kappa shape index (κ3) is 5.68. The molecule has 2 saturated carbocycles. The standard InChI is InChI=1S/C32H44N8O2/c1-20-12-14-23(15-13-20)18-40-27-29(34-21(2)24-10-7-11-24)35-31(28(33)42)36-30(27)37-32(40)39-17-16-38(22(3)41)19-26(39)25-8-5-4-6-9-25/h4-6,8-9,20-21,23-24,26H,7,10-19H2,1-3H3,(H2,33,42)(H,34,35,36)/t20-,21-,23-,26+/m1/s1. The van der Waals surface area contributed by atoms with Gasteiger partial charge in [0.05, 0.1) is 6.04 Å². The summed E-state index contributed by atoms with van der Waals surface area (Å²) in [5.41, 5.74) is 8.17. The summed E-state index contributed by atoms with van der Waals surface area (Å²) in [6, 6.07) is 10.5. The molecule has 2 aromatic heterocycles. The van der Waals surface area contributed by atoms with Gasteiger partial charge in [-0.1, -0.05) is 56.5 Å². The van der Waals surface area contributed by atoms with E-state index in [1.54, 1.807) is 6.92 Å². The van der Waals surface area contributed by atoms with Gasteiger partial charge in [-0.05, 0) is 55.9 Å². The number of primary amides is 1. The molecule has 3 aromatic rings. The van der Waals surface area contributed by atoms with E-state index in [-0.39, 0.29) is 23.8 Å². The predicted molar refractivity (Wildman–Crippen MR) is 164 cm³/mol. The van der Waals surface area contributed by atoms with Crippen LogP contribution in [0.2, 0.25) is 0 Å². The van der Waals surface area contributed by atoms with Crippen LogP contribution in [0.1, 0.15) is 87.9 Å². The van der Waals surface area contributed by atoms with Crippen LogP contribution < -0.4 is 16.0 Å². The topological polar surface area (TPSA) is 122 Å². The average Bonchev–Trinajstić information content (AvgIpc) is 3.31. The van der Waals surface area contributed by atoms with Crippen LogP contribution in [0.4, 0.5) is 11.8 Å². The molecule has 0 unspecified atom stereocenters. The lowest BCUT2D eigenvalue weighted by molar-refractivity contribution is -0.129. The minimum Gasteiger partial charge on any atom is -0.365 e. The molecule has 10 heteroatoms. The van der Waals surface area contributed by atoms with E-state index >= 15 is 0 Å². The van der Waals surface area contributed by atoms with E-state index in [0.717, 1.165) is 29.5 Å². The Labute approximate surface area is 248 Å². The van der Waals surface area contributed by atoms with Crippen molar-refractivity contribution in [1.29, 1.82) is 0 Å². The molecule has 6 rings (SSSR count). The fourth-order valence-electron chi connectivity index (χ4n) is 6.94. The van der Waals surface area contributed by atoms with Crippen LogP contribution in [0.5, 0.6) is 0 Å². The first-order chi connectivity index (χ1) is 20.3. The Hall–Kier alpha value is -3.69. The van der Waals surface area contributed by atoms with Crippen LogP contribution in [0, 0.1) is 17.8 Å². The predicted octanol–water partition coefficient (Wildman–Crippen LogP) is 4.76. The molecule has 2 amide bonds. The van der Waals surface area contributed by atoms with E-state index in [1.165, 1.54) is 44.9 Å². The van der Waals surface area contributed by atoms with Gasteiger partial charge in [-0.25, -0.2) is 9.97 Å². The normalized spacial score (nSPS) is 23.9. The zero-order valence-corrected chi connectivity index (χ0v) is 25.1. The van der Waals surface area contributed by atoms with E-state index in [1.807, 2.05) is 23.1 Å². The molecule has 42 heavy (non-hydrogen) atoms. The number of nitrogens with one attached hydrogen (secondary N) is 1. The number of carbonyl (C=O) groups excluding carboxylic acids is 2. The number of amides is 2. The van der Waals surface area contributed by atoms with Crippen LogP contribution in [-0.4, -0.2) is 61.9 Å². The van der Waals surface area contributed by atoms with Gasteiger partial charge in [0, 0.05) is 39.1 Å². The first-order valence-electron chi connectivity index (χ1n) is 15.7. The number of benzene rings is 1. The van der Waals surface area contributed by atoms with Crippen LogP contribution >= 0.6 is 0 Å². The zero-order valence-electron chi connectivity index (χ0n) is 25.1. The maximum absolute atomic E-state index is 12.5. The van der Waals surface area contributed by atoms with Crippen LogP contribution in [0.3, 0.4) is 0 Å². The smallest absolute Gasteiger partial charge is 0.286 e. The van der Waals surface area contributed by atoms with Crippen molar-refractivity contribution in [2.45, 2.75) is 84.3 Å². The Morgan fingerprint density at radius 2 is 1.76 bits per heavy atom. The summed E-state index contributed by atoms with van der Waals surface area (Å²) in [7, 11) is 0. The van der Waals surface area contributed by atoms with Crippen molar-refractivity contribution >= 4 is 34.7 Å². The molecule has 1 aliphatic heterocycles. The Kier molecular flexibility index (Phi) is 8.05. The number of rotatable bonds is 8. The Morgan fingerprint density at radius 1 is 1.02 bits per heavy atom. The van der Waals surface area contributed by atoms with Gasteiger partial charge in [-0.15, -0.1) is 0 Å². The number of nitrogens with two attached hydrogens (primary N) is 1. The molecule has 3 heterocycles. The molecule has 224 valence electrons. The van der Waals surface area contributed by atoms with Gasteiger partial charge >= 0.3 is 0 Å². The summed E-state index contributed by atoms with van der Waals surface area (Å²) in [5.74, 6) is 2.69. The molecule has 0 spiro atoms. The molecule has 3 N–H and O–H groups in total. The molecule has 0 radical (unpaired) electrons. The van der Waals surface area contributed by atoms with Crippen molar-refractivity contribution in [3.63, 3.8) is 0 Å². The third-order valence-electron chi connectivity index (χ3n) is 9.87. The highest BCUT2D eigenvalue weighted by Gasteiger charge is 2.35. The fraction of sp³-hybridized carbons (Fsp3) is 0.594. The first-order valence-corrected chi connectivity index (χ1v) is 15.7. The Morgan fingerprint density at radius 3 is 2.40 bits per heavy atom. The highest BCUT2D eigenvalue weighted by molar-refractivity contribution is 5.94.